The molecule has 0 aromatic heterocycles. The van der Waals surface area contributed by atoms with Gasteiger partial charge in [0.2, 0.25) is 11.8 Å². The van der Waals surface area contributed by atoms with Crippen LogP contribution in [0.15, 0.2) is 48.5 Å². The van der Waals surface area contributed by atoms with Crippen LogP contribution in [-0.2, 0) is 16.0 Å². The van der Waals surface area contributed by atoms with Crippen molar-refractivity contribution in [2.45, 2.75) is 18.8 Å². The van der Waals surface area contributed by atoms with Crippen LogP contribution in [0.2, 0.25) is 0 Å². The first-order valence-electron chi connectivity index (χ1n) is 8.36. The van der Waals surface area contributed by atoms with Crippen LogP contribution in [0.5, 0.6) is 5.75 Å². The minimum Gasteiger partial charge on any atom is -0.497 e. The molecule has 1 aliphatic heterocycles. The Hall–Kier alpha value is -2.82. The lowest BCUT2D eigenvalue weighted by Crippen LogP contribution is -2.39. The zero-order valence-corrected chi connectivity index (χ0v) is 14.5. The number of benzene rings is 2. The van der Waals surface area contributed by atoms with Gasteiger partial charge in [-0.05, 0) is 35.7 Å². The molecule has 0 saturated carbocycles. The summed E-state index contributed by atoms with van der Waals surface area (Å²) in [5.41, 5.74) is 2.85. The highest BCUT2D eigenvalue weighted by Crippen LogP contribution is 2.35. The zero-order valence-electron chi connectivity index (χ0n) is 14.5. The largest absolute Gasteiger partial charge is 0.497 e. The van der Waals surface area contributed by atoms with Crippen molar-refractivity contribution in [2.75, 3.05) is 25.6 Å². The number of amides is 2. The smallest absolute Gasteiger partial charge is 0.228 e. The average molecular weight is 338 g/mol. The quantitative estimate of drug-likeness (QED) is 0.911. The summed E-state index contributed by atoms with van der Waals surface area (Å²) in [6, 6.07) is 15.4. The first-order chi connectivity index (χ1) is 12.1. The number of carbonyl (C=O) groups excluding carboxylic acids is 2. The van der Waals surface area contributed by atoms with E-state index in [0.717, 1.165) is 29.0 Å². The van der Waals surface area contributed by atoms with E-state index in [0.29, 0.717) is 6.54 Å². The molecule has 1 heterocycles. The SMILES string of the molecule is COc1ccc(CCNC(=O)C2CC(=O)N(C)c3ccccc32)cc1. The summed E-state index contributed by atoms with van der Waals surface area (Å²) in [5.74, 6) is 0.265. The van der Waals surface area contributed by atoms with Gasteiger partial charge in [-0.3, -0.25) is 9.59 Å². The number of para-hydroxylation sites is 1. The summed E-state index contributed by atoms with van der Waals surface area (Å²) in [7, 11) is 3.38. The second kappa shape index (κ2) is 7.38. The van der Waals surface area contributed by atoms with Gasteiger partial charge in [0.15, 0.2) is 0 Å². The van der Waals surface area contributed by atoms with Gasteiger partial charge >= 0.3 is 0 Å². The van der Waals surface area contributed by atoms with Crippen molar-refractivity contribution >= 4 is 17.5 Å². The van der Waals surface area contributed by atoms with Crippen LogP contribution in [-0.4, -0.2) is 32.5 Å². The number of rotatable bonds is 5. The van der Waals surface area contributed by atoms with Gasteiger partial charge in [-0.15, -0.1) is 0 Å². The molecule has 1 aliphatic rings. The Kier molecular flexibility index (Phi) is 5.03. The van der Waals surface area contributed by atoms with Crippen molar-refractivity contribution in [1.29, 1.82) is 0 Å². The maximum atomic E-state index is 12.6. The molecule has 1 atom stereocenters. The van der Waals surface area contributed by atoms with Crippen molar-refractivity contribution < 1.29 is 14.3 Å². The first-order valence-corrected chi connectivity index (χ1v) is 8.36. The number of methoxy groups -OCH3 is 1. The molecule has 0 bridgehead atoms. The number of ether oxygens (including phenoxy) is 1. The number of hydrogen-bond acceptors (Lipinski definition) is 3. The van der Waals surface area contributed by atoms with E-state index in [1.54, 1.807) is 19.1 Å². The molecule has 130 valence electrons. The Labute approximate surface area is 147 Å². The summed E-state index contributed by atoms with van der Waals surface area (Å²) in [6.07, 6.45) is 0.944. The molecule has 2 aromatic carbocycles. The summed E-state index contributed by atoms with van der Waals surface area (Å²) in [4.78, 5) is 26.4. The second-order valence-electron chi connectivity index (χ2n) is 6.16. The van der Waals surface area contributed by atoms with Gasteiger partial charge in [-0.1, -0.05) is 30.3 Å². The maximum Gasteiger partial charge on any atom is 0.228 e. The molecular weight excluding hydrogens is 316 g/mol. The third-order valence-electron chi connectivity index (χ3n) is 4.61. The highest BCUT2D eigenvalue weighted by atomic mass is 16.5. The van der Waals surface area contributed by atoms with E-state index in [9.17, 15) is 9.59 Å². The molecule has 5 nitrogen and oxygen atoms in total. The third-order valence-corrected chi connectivity index (χ3v) is 4.61. The predicted molar refractivity (Wildman–Crippen MR) is 96.9 cm³/mol. The predicted octanol–water partition coefficient (Wildman–Crippen LogP) is 2.50. The lowest BCUT2D eigenvalue weighted by Gasteiger charge is -2.30. The normalized spacial score (nSPS) is 16.3. The van der Waals surface area contributed by atoms with Crippen molar-refractivity contribution in [3.63, 3.8) is 0 Å². The van der Waals surface area contributed by atoms with Crippen LogP contribution in [0.1, 0.15) is 23.5 Å². The highest BCUT2D eigenvalue weighted by molar-refractivity contribution is 6.02. The molecule has 0 fully saturated rings. The van der Waals surface area contributed by atoms with Crippen LogP contribution in [0.4, 0.5) is 5.69 Å². The zero-order chi connectivity index (χ0) is 17.8. The molecule has 0 saturated heterocycles. The van der Waals surface area contributed by atoms with Crippen molar-refractivity contribution in [3.8, 4) is 5.75 Å². The number of nitrogens with one attached hydrogen (secondary N) is 1. The van der Waals surface area contributed by atoms with Crippen LogP contribution in [0.25, 0.3) is 0 Å². The number of anilines is 1. The van der Waals surface area contributed by atoms with Crippen LogP contribution in [0.3, 0.4) is 0 Å². The van der Waals surface area contributed by atoms with Crippen LogP contribution in [0, 0.1) is 0 Å². The molecular formula is C20H22N2O3. The Morgan fingerprint density at radius 3 is 2.64 bits per heavy atom. The van der Waals surface area contributed by atoms with E-state index in [4.69, 9.17) is 4.74 Å². The van der Waals surface area contributed by atoms with Gasteiger partial charge in [0, 0.05) is 25.7 Å². The van der Waals surface area contributed by atoms with E-state index in [1.165, 1.54) is 0 Å². The molecule has 0 spiro atoms. The van der Waals surface area contributed by atoms with Crippen LogP contribution < -0.4 is 15.0 Å². The fourth-order valence-electron chi connectivity index (χ4n) is 3.12. The van der Waals surface area contributed by atoms with Crippen LogP contribution >= 0.6 is 0 Å². The Balaban J connectivity index is 1.63. The topological polar surface area (TPSA) is 58.6 Å². The number of nitrogens with zero attached hydrogens (tertiary/aromatic N) is 1. The van der Waals surface area contributed by atoms with Gasteiger partial charge in [0.05, 0.1) is 13.0 Å². The molecule has 0 radical (unpaired) electrons. The molecule has 1 unspecified atom stereocenters. The van der Waals surface area contributed by atoms with E-state index in [1.807, 2.05) is 48.5 Å². The fraction of sp³-hybridized carbons (Fsp3) is 0.300. The minimum absolute atomic E-state index is 0.0333. The number of hydrogen-bond donors (Lipinski definition) is 1. The molecule has 2 aromatic rings. The molecule has 0 aliphatic carbocycles. The van der Waals surface area contributed by atoms with Gasteiger partial charge in [0.25, 0.3) is 0 Å². The fourth-order valence-corrected chi connectivity index (χ4v) is 3.12. The molecule has 1 N–H and O–H groups in total. The Morgan fingerprint density at radius 2 is 1.92 bits per heavy atom. The lowest BCUT2D eigenvalue weighted by molar-refractivity contribution is -0.127. The van der Waals surface area contributed by atoms with Crippen molar-refractivity contribution in [1.82, 2.24) is 5.32 Å². The van der Waals surface area contributed by atoms with Gasteiger partial charge < -0.3 is 15.0 Å². The van der Waals surface area contributed by atoms with Gasteiger partial charge in [-0.2, -0.15) is 0 Å². The summed E-state index contributed by atoms with van der Waals surface area (Å²) in [5, 5.41) is 2.96. The van der Waals surface area contributed by atoms with Crippen molar-refractivity contribution in [3.05, 3.63) is 59.7 Å². The van der Waals surface area contributed by atoms with E-state index >= 15 is 0 Å². The standard InChI is InChI=1S/C20H22N2O3/c1-22-18-6-4-3-5-16(18)17(13-19(22)23)20(24)21-12-11-14-7-9-15(25-2)10-8-14/h3-10,17H,11-13H2,1-2H3,(H,21,24). The van der Waals surface area contributed by atoms with Gasteiger partial charge in [0.1, 0.15) is 5.75 Å². The number of carbonyl (C=O) groups is 2. The van der Waals surface area contributed by atoms with E-state index in [-0.39, 0.29) is 18.2 Å². The molecule has 25 heavy (non-hydrogen) atoms. The third kappa shape index (κ3) is 3.65. The van der Waals surface area contributed by atoms with Crippen molar-refractivity contribution in [2.24, 2.45) is 0 Å². The van der Waals surface area contributed by atoms with Gasteiger partial charge in [-0.25, -0.2) is 0 Å². The summed E-state index contributed by atoms with van der Waals surface area (Å²) >= 11 is 0. The minimum atomic E-state index is -0.421. The maximum absolute atomic E-state index is 12.6. The molecule has 3 rings (SSSR count). The monoisotopic (exact) mass is 338 g/mol. The van der Waals surface area contributed by atoms with E-state index < -0.39 is 5.92 Å². The summed E-state index contributed by atoms with van der Waals surface area (Å²) in [6.45, 7) is 0.536. The second-order valence-corrected chi connectivity index (χ2v) is 6.16. The lowest BCUT2D eigenvalue weighted by atomic mass is 9.89. The Morgan fingerprint density at radius 1 is 1.20 bits per heavy atom. The highest BCUT2D eigenvalue weighted by Gasteiger charge is 2.33. The Bertz CT molecular complexity index is 771. The molecule has 2 amide bonds. The van der Waals surface area contributed by atoms with E-state index in [2.05, 4.69) is 5.32 Å². The number of fused-ring (bicyclic) bond motifs is 1. The molecule has 5 heteroatoms. The first kappa shape index (κ1) is 17.0. The summed E-state index contributed by atoms with van der Waals surface area (Å²) < 4.78 is 5.14. The average Bonchev–Trinajstić information content (AvgIpc) is 2.65.